The van der Waals surface area contributed by atoms with Crippen LogP contribution in [0.15, 0.2) is 35.4 Å². The summed E-state index contributed by atoms with van der Waals surface area (Å²) in [6, 6.07) is 7.03. The number of anilines is 2. The third-order valence-electron chi connectivity index (χ3n) is 4.49. The quantitative estimate of drug-likeness (QED) is 0.837. The minimum Gasteiger partial charge on any atom is -0.494 e. The molecule has 1 aliphatic rings. The number of pyridine rings is 1. The van der Waals surface area contributed by atoms with E-state index in [0.717, 1.165) is 24.5 Å². The Kier molecular flexibility index (Phi) is 5.36. The van der Waals surface area contributed by atoms with Crippen molar-refractivity contribution in [1.29, 1.82) is 0 Å². The van der Waals surface area contributed by atoms with Crippen molar-refractivity contribution in [2.45, 2.75) is 38.5 Å². The lowest BCUT2D eigenvalue weighted by Crippen LogP contribution is -2.19. The molecule has 1 aromatic carbocycles. The van der Waals surface area contributed by atoms with Crippen LogP contribution in [0.2, 0.25) is 0 Å². The van der Waals surface area contributed by atoms with Gasteiger partial charge < -0.3 is 9.64 Å². The predicted octanol–water partition coefficient (Wildman–Crippen LogP) is 3.50. The number of nitrogens with zero attached hydrogens (tertiary/aromatic N) is 2. The van der Waals surface area contributed by atoms with Crippen LogP contribution in [0.4, 0.5) is 11.5 Å². The fourth-order valence-electron chi connectivity index (χ4n) is 3.15. The molecule has 26 heavy (non-hydrogen) atoms. The van der Waals surface area contributed by atoms with Gasteiger partial charge in [-0.3, -0.25) is 4.72 Å². The van der Waals surface area contributed by atoms with Gasteiger partial charge in [0, 0.05) is 13.1 Å². The average Bonchev–Trinajstić information content (AvgIpc) is 3.13. The molecular formula is C19H25N3O3S. The summed E-state index contributed by atoms with van der Waals surface area (Å²) in [5, 5.41) is 0. The zero-order chi connectivity index (χ0) is 18.7. The van der Waals surface area contributed by atoms with Crippen molar-refractivity contribution in [3.05, 3.63) is 41.6 Å². The number of ether oxygens (including phenoxy) is 1. The highest BCUT2D eigenvalue weighted by molar-refractivity contribution is 7.92. The van der Waals surface area contributed by atoms with E-state index < -0.39 is 10.0 Å². The van der Waals surface area contributed by atoms with Crippen LogP contribution in [0.25, 0.3) is 0 Å². The van der Waals surface area contributed by atoms with Gasteiger partial charge in [-0.2, -0.15) is 0 Å². The molecule has 2 aromatic rings. The third-order valence-corrected chi connectivity index (χ3v) is 6.02. The van der Waals surface area contributed by atoms with Gasteiger partial charge in [-0.1, -0.05) is 0 Å². The summed E-state index contributed by atoms with van der Waals surface area (Å²) in [5.74, 6) is 1.60. The molecule has 1 aromatic heterocycles. The molecular weight excluding hydrogens is 350 g/mol. The van der Waals surface area contributed by atoms with Crippen LogP contribution in [0.3, 0.4) is 0 Å². The maximum Gasteiger partial charge on any atom is 0.262 e. The second-order valence-corrected chi connectivity index (χ2v) is 8.17. The molecule has 1 fully saturated rings. The molecule has 140 valence electrons. The van der Waals surface area contributed by atoms with Crippen molar-refractivity contribution < 1.29 is 13.2 Å². The summed E-state index contributed by atoms with van der Waals surface area (Å²) in [5.41, 5.74) is 1.90. The van der Waals surface area contributed by atoms with E-state index in [1.807, 2.05) is 19.9 Å². The molecule has 0 atom stereocenters. The summed E-state index contributed by atoms with van der Waals surface area (Å²) >= 11 is 0. The smallest absolute Gasteiger partial charge is 0.262 e. The SMILES string of the molecule is CCOc1cc(C)c(S(=O)(=O)Nc2ccc(N3CCCC3)nc2)cc1C. The Morgan fingerprint density at radius 2 is 1.88 bits per heavy atom. The number of nitrogens with one attached hydrogen (secondary N) is 1. The summed E-state index contributed by atoms with van der Waals surface area (Å²) in [6.07, 6.45) is 3.92. The minimum absolute atomic E-state index is 0.252. The monoisotopic (exact) mass is 375 g/mol. The Morgan fingerprint density at radius 1 is 1.15 bits per heavy atom. The van der Waals surface area contributed by atoms with Crippen molar-refractivity contribution in [1.82, 2.24) is 4.98 Å². The van der Waals surface area contributed by atoms with Crippen molar-refractivity contribution in [3.8, 4) is 5.75 Å². The number of aryl methyl sites for hydroxylation is 2. The first-order chi connectivity index (χ1) is 12.4. The van der Waals surface area contributed by atoms with E-state index >= 15 is 0 Å². The van der Waals surface area contributed by atoms with E-state index in [0.29, 0.717) is 23.6 Å². The van der Waals surface area contributed by atoms with Crippen LogP contribution in [0, 0.1) is 13.8 Å². The average molecular weight is 375 g/mol. The highest BCUT2D eigenvalue weighted by Gasteiger charge is 2.20. The van der Waals surface area contributed by atoms with Gasteiger partial charge in [0.15, 0.2) is 0 Å². The van der Waals surface area contributed by atoms with Gasteiger partial charge in [0.25, 0.3) is 10.0 Å². The Hall–Kier alpha value is -2.28. The largest absolute Gasteiger partial charge is 0.494 e. The van der Waals surface area contributed by atoms with Crippen LogP contribution in [-0.4, -0.2) is 33.1 Å². The molecule has 0 unspecified atom stereocenters. The molecule has 0 radical (unpaired) electrons. The third kappa shape index (κ3) is 3.93. The van der Waals surface area contributed by atoms with Gasteiger partial charge >= 0.3 is 0 Å². The molecule has 0 spiro atoms. The van der Waals surface area contributed by atoms with Gasteiger partial charge in [-0.25, -0.2) is 13.4 Å². The maximum absolute atomic E-state index is 12.8. The highest BCUT2D eigenvalue weighted by atomic mass is 32.2. The molecule has 1 saturated heterocycles. The molecule has 3 rings (SSSR count). The van der Waals surface area contributed by atoms with Gasteiger partial charge in [0.1, 0.15) is 11.6 Å². The van der Waals surface area contributed by atoms with E-state index in [4.69, 9.17) is 4.74 Å². The number of sulfonamides is 1. The highest BCUT2D eigenvalue weighted by Crippen LogP contribution is 2.27. The Bertz CT molecular complexity index is 874. The van der Waals surface area contributed by atoms with E-state index in [2.05, 4.69) is 14.6 Å². The Morgan fingerprint density at radius 3 is 2.50 bits per heavy atom. The summed E-state index contributed by atoms with van der Waals surface area (Å²) in [6.45, 7) is 8.06. The van der Waals surface area contributed by atoms with Gasteiger partial charge in [0.05, 0.1) is 23.4 Å². The van der Waals surface area contributed by atoms with E-state index in [1.54, 1.807) is 31.3 Å². The number of benzene rings is 1. The van der Waals surface area contributed by atoms with Crippen molar-refractivity contribution >= 4 is 21.5 Å². The summed E-state index contributed by atoms with van der Waals surface area (Å²) in [4.78, 5) is 6.85. The van der Waals surface area contributed by atoms with E-state index in [1.165, 1.54) is 12.8 Å². The fourth-order valence-corrected chi connectivity index (χ4v) is 4.51. The van der Waals surface area contributed by atoms with Gasteiger partial charge in [-0.05, 0) is 69.0 Å². The molecule has 1 N–H and O–H groups in total. The molecule has 0 saturated carbocycles. The standard InChI is InChI=1S/C19H25N3O3S/c1-4-25-17-11-15(3)18(12-14(17)2)26(23,24)21-16-7-8-19(20-13-16)22-9-5-6-10-22/h7-8,11-13,21H,4-6,9-10H2,1-3H3. The zero-order valence-electron chi connectivity index (χ0n) is 15.4. The molecule has 0 amide bonds. The molecule has 1 aliphatic heterocycles. The first-order valence-corrected chi connectivity index (χ1v) is 10.4. The Labute approximate surface area is 155 Å². The van der Waals surface area contributed by atoms with Crippen LogP contribution in [0.5, 0.6) is 5.75 Å². The molecule has 2 heterocycles. The number of rotatable bonds is 6. The topological polar surface area (TPSA) is 71.5 Å². The fraction of sp³-hybridized carbons (Fsp3) is 0.421. The van der Waals surface area contributed by atoms with Crippen LogP contribution in [-0.2, 0) is 10.0 Å². The molecule has 0 bridgehead atoms. The second kappa shape index (κ2) is 7.53. The number of hydrogen-bond acceptors (Lipinski definition) is 5. The van der Waals surface area contributed by atoms with Crippen molar-refractivity contribution in [3.63, 3.8) is 0 Å². The first-order valence-electron chi connectivity index (χ1n) is 8.88. The first kappa shape index (κ1) is 18.5. The molecule has 6 nitrogen and oxygen atoms in total. The maximum atomic E-state index is 12.8. The lowest BCUT2D eigenvalue weighted by Gasteiger charge is -2.17. The lowest BCUT2D eigenvalue weighted by molar-refractivity contribution is 0.337. The molecule has 7 heteroatoms. The van der Waals surface area contributed by atoms with Crippen molar-refractivity contribution in [2.24, 2.45) is 0 Å². The summed E-state index contributed by atoms with van der Waals surface area (Å²) in [7, 11) is -3.69. The zero-order valence-corrected chi connectivity index (χ0v) is 16.3. The van der Waals surface area contributed by atoms with Gasteiger partial charge in [0.2, 0.25) is 0 Å². The normalized spacial score (nSPS) is 14.5. The predicted molar refractivity (Wildman–Crippen MR) is 104 cm³/mol. The van der Waals surface area contributed by atoms with Crippen molar-refractivity contribution in [2.75, 3.05) is 29.3 Å². The summed E-state index contributed by atoms with van der Waals surface area (Å²) < 4.78 is 33.7. The molecule has 0 aliphatic carbocycles. The number of aromatic nitrogens is 1. The van der Waals surface area contributed by atoms with E-state index in [9.17, 15) is 8.42 Å². The van der Waals surface area contributed by atoms with Crippen LogP contribution in [0.1, 0.15) is 30.9 Å². The van der Waals surface area contributed by atoms with Crippen LogP contribution < -0.4 is 14.4 Å². The number of hydrogen-bond donors (Lipinski definition) is 1. The lowest BCUT2D eigenvalue weighted by atomic mass is 10.1. The van der Waals surface area contributed by atoms with Gasteiger partial charge in [-0.15, -0.1) is 0 Å². The second-order valence-electron chi connectivity index (χ2n) is 6.52. The Balaban J connectivity index is 1.81. The van der Waals surface area contributed by atoms with Crippen LogP contribution >= 0.6 is 0 Å². The minimum atomic E-state index is -3.69. The van der Waals surface area contributed by atoms with E-state index in [-0.39, 0.29) is 4.90 Å².